The Morgan fingerprint density at radius 1 is 1.48 bits per heavy atom. The first-order valence-electron chi connectivity index (χ1n) is 7.52. The van der Waals surface area contributed by atoms with E-state index in [9.17, 15) is 10.1 Å². The van der Waals surface area contributed by atoms with E-state index in [1.165, 1.54) is 0 Å². The summed E-state index contributed by atoms with van der Waals surface area (Å²) in [5, 5.41) is 12.0. The molecule has 1 aliphatic rings. The van der Waals surface area contributed by atoms with Gasteiger partial charge in [0.1, 0.15) is 23.5 Å². The Labute approximate surface area is 136 Å². The van der Waals surface area contributed by atoms with Gasteiger partial charge >= 0.3 is 0 Å². The molecular formula is C18H20N2O3. The van der Waals surface area contributed by atoms with Gasteiger partial charge in [0.25, 0.3) is 5.91 Å². The third-order valence-electron chi connectivity index (χ3n) is 3.50. The molecule has 0 spiro atoms. The van der Waals surface area contributed by atoms with Crippen LogP contribution in [-0.2, 0) is 9.53 Å². The van der Waals surface area contributed by atoms with E-state index in [-0.39, 0.29) is 17.6 Å². The zero-order valence-electron chi connectivity index (χ0n) is 13.3. The van der Waals surface area contributed by atoms with Crippen LogP contribution in [0.4, 0.5) is 0 Å². The van der Waals surface area contributed by atoms with Crippen molar-refractivity contribution < 1.29 is 14.3 Å². The molecule has 2 rings (SSSR count). The van der Waals surface area contributed by atoms with Gasteiger partial charge in [-0.2, -0.15) is 5.26 Å². The normalized spacial score (nSPS) is 16.7. The van der Waals surface area contributed by atoms with E-state index in [1.54, 1.807) is 13.2 Å². The summed E-state index contributed by atoms with van der Waals surface area (Å²) in [7, 11) is 1.61. The summed E-state index contributed by atoms with van der Waals surface area (Å²) in [5.41, 5.74) is 1.81. The van der Waals surface area contributed by atoms with Crippen molar-refractivity contribution in [3.63, 3.8) is 0 Å². The number of nitrogens with one attached hydrogen (secondary N) is 1. The standard InChI is InChI=1S/C18H20N2O3/c1-13-15(10-14-6-3-4-7-17(14)23-13)11-16(12-19)18(21)20-8-5-9-22-2/h3-4,6-7,10-11,13H,5,8-9H2,1-2H3,(H,20,21)/b16-11+. The van der Waals surface area contributed by atoms with Crippen molar-refractivity contribution in [2.75, 3.05) is 20.3 Å². The fourth-order valence-electron chi connectivity index (χ4n) is 2.25. The third-order valence-corrected chi connectivity index (χ3v) is 3.50. The minimum Gasteiger partial charge on any atom is -0.485 e. The van der Waals surface area contributed by atoms with Gasteiger partial charge in [-0.15, -0.1) is 0 Å². The summed E-state index contributed by atoms with van der Waals surface area (Å²) in [6.07, 6.45) is 4.02. The SMILES string of the molecule is COCCCNC(=O)/C(C#N)=C/C1=Cc2ccccc2OC1C. The van der Waals surface area contributed by atoms with Crippen LogP contribution in [0.15, 0.2) is 41.5 Å². The maximum absolute atomic E-state index is 12.1. The maximum Gasteiger partial charge on any atom is 0.261 e. The van der Waals surface area contributed by atoms with Crippen molar-refractivity contribution in [2.24, 2.45) is 0 Å². The Morgan fingerprint density at radius 2 is 2.26 bits per heavy atom. The summed E-state index contributed by atoms with van der Waals surface area (Å²) in [6, 6.07) is 9.62. The molecule has 0 fully saturated rings. The summed E-state index contributed by atoms with van der Waals surface area (Å²) >= 11 is 0. The molecule has 0 aliphatic carbocycles. The van der Waals surface area contributed by atoms with E-state index >= 15 is 0 Å². The Kier molecular flexibility index (Phi) is 5.95. The van der Waals surface area contributed by atoms with Crippen LogP contribution in [0.1, 0.15) is 18.9 Å². The molecule has 1 atom stereocenters. The number of methoxy groups -OCH3 is 1. The number of ether oxygens (including phenoxy) is 2. The Balaban J connectivity index is 2.13. The van der Waals surface area contributed by atoms with Crippen molar-refractivity contribution >= 4 is 12.0 Å². The van der Waals surface area contributed by atoms with E-state index in [0.29, 0.717) is 19.6 Å². The maximum atomic E-state index is 12.1. The molecule has 120 valence electrons. The zero-order valence-corrected chi connectivity index (χ0v) is 13.3. The molecule has 1 unspecified atom stereocenters. The summed E-state index contributed by atoms with van der Waals surface area (Å²) in [5.74, 6) is 0.426. The van der Waals surface area contributed by atoms with Crippen molar-refractivity contribution in [3.05, 3.63) is 47.1 Å². The highest BCUT2D eigenvalue weighted by Gasteiger charge is 2.19. The van der Waals surface area contributed by atoms with Crippen molar-refractivity contribution in [3.8, 4) is 11.8 Å². The van der Waals surface area contributed by atoms with E-state index < -0.39 is 0 Å². The van der Waals surface area contributed by atoms with Crippen molar-refractivity contribution in [2.45, 2.75) is 19.4 Å². The molecule has 0 saturated carbocycles. The third kappa shape index (κ3) is 4.44. The minimum absolute atomic E-state index is 0.0727. The van der Waals surface area contributed by atoms with Crippen LogP contribution >= 0.6 is 0 Å². The summed E-state index contributed by atoms with van der Waals surface area (Å²) in [6.45, 7) is 2.93. The van der Waals surface area contributed by atoms with Crippen LogP contribution in [0.2, 0.25) is 0 Å². The smallest absolute Gasteiger partial charge is 0.261 e. The molecule has 5 heteroatoms. The van der Waals surface area contributed by atoms with Crippen LogP contribution in [0.5, 0.6) is 5.75 Å². The fraction of sp³-hybridized carbons (Fsp3) is 0.333. The lowest BCUT2D eigenvalue weighted by molar-refractivity contribution is -0.117. The first-order chi connectivity index (χ1) is 11.2. The predicted octanol–water partition coefficient (Wildman–Crippen LogP) is 2.45. The van der Waals surface area contributed by atoms with Crippen molar-refractivity contribution in [1.29, 1.82) is 5.26 Å². The number of hydrogen-bond donors (Lipinski definition) is 1. The Hall–Kier alpha value is -2.58. The number of nitrogens with zero attached hydrogens (tertiary/aromatic N) is 1. The molecule has 1 N–H and O–H groups in total. The second kappa shape index (κ2) is 8.16. The van der Waals surface area contributed by atoms with Crippen LogP contribution in [0.3, 0.4) is 0 Å². The number of amides is 1. The van der Waals surface area contributed by atoms with Gasteiger partial charge in [-0.3, -0.25) is 4.79 Å². The van der Waals surface area contributed by atoms with Gasteiger partial charge in [0.2, 0.25) is 0 Å². The molecule has 1 amide bonds. The number of rotatable bonds is 6. The fourth-order valence-corrected chi connectivity index (χ4v) is 2.25. The van der Waals surface area contributed by atoms with Gasteiger partial charge in [0, 0.05) is 25.8 Å². The van der Waals surface area contributed by atoms with Crippen LogP contribution in [-0.4, -0.2) is 32.3 Å². The van der Waals surface area contributed by atoms with Gasteiger partial charge in [-0.1, -0.05) is 18.2 Å². The minimum atomic E-state index is -0.379. The molecule has 1 aromatic carbocycles. The first-order valence-corrected chi connectivity index (χ1v) is 7.52. The first kappa shape index (κ1) is 16.8. The average Bonchev–Trinajstić information content (AvgIpc) is 2.56. The largest absolute Gasteiger partial charge is 0.485 e. The van der Waals surface area contributed by atoms with Gasteiger partial charge in [-0.25, -0.2) is 0 Å². The number of carbonyl (C=O) groups excluding carboxylic acids is 1. The molecule has 5 nitrogen and oxygen atoms in total. The van der Waals surface area contributed by atoms with E-state index in [1.807, 2.05) is 43.3 Å². The predicted molar refractivity (Wildman–Crippen MR) is 87.7 cm³/mol. The number of para-hydroxylation sites is 1. The molecule has 0 radical (unpaired) electrons. The second-order valence-corrected chi connectivity index (χ2v) is 5.21. The lowest BCUT2D eigenvalue weighted by Crippen LogP contribution is -2.27. The number of fused-ring (bicyclic) bond motifs is 1. The summed E-state index contributed by atoms with van der Waals surface area (Å²) in [4.78, 5) is 12.1. The molecule has 1 aliphatic heterocycles. The molecule has 23 heavy (non-hydrogen) atoms. The lowest BCUT2D eigenvalue weighted by atomic mass is 10.0. The Morgan fingerprint density at radius 3 is 3.00 bits per heavy atom. The molecule has 1 heterocycles. The van der Waals surface area contributed by atoms with Gasteiger partial charge in [-0.05, 0) is 37.1 Å². The second-order valence-electron chi connectivity index (χ2n) is 5.21. The average molecular weight is 312 g/mol. The van der Waals surface area contributed by atoms with Crippen molar-refractivity contribution in [1.82, 2.24) is 5.32 Å². The van der Waals surface area contributed by atoms with Gasteiger partial charge in [0.05, 0.1) is 0 Å². The zero-order chi connectivity index (χ0) is 16.7. The summed E-state index contributed by atoms with van der Waals surface area (Å²) < 4.78 is 10.7. The number of carbonyl (C=O) groups is 1. The van der Waals surface area contributed by atoms with E-state index in [0.717, 1.165) is 16.9 Å². The number of hydrogen-bond acceptors (Lipinski definition) is 4. The quantitative estimate of drug-likeness (QED) is 0.497. The number of nitriles is 1. The topological polar surface area (TPSA) is 71.3 Å². The van der Waals surface area contributed by atoms with Gasteiger partial charge in [0.15, 0.2) is 0 Å². The van der Waals surface area contributed by atoms with E-state index in [4.69, 9.17) is 9.47 Å². The number of benzene rings is 1. The molecule has 0 saturated heterocycles. The van der Waals surface area contributed by atoms with Crippen LogP contribution < -0.4 is 10.1 Å². The molecule has 1 aromatic rings. The highest BCUT2D eigenvalue weighted by Crippen LogP contribution is 2.30. The lowest BCUT2D eigenvalue weighted by Gasteiger charge is -2.23. The molecule has 0 aromatic heterocycles. The van der Waals surface area contributed by atoms with E-state index in [2.05, 4.69) is 5.32 Å². The van der Waals surface area contributed by atoms with Gasteiger partial charge < -0.3 is 14.8 Å². The molecule has 0 bridgehead atoms. The van der Waals surface area contributed by atoms with Crippen LogP contribution in [0.25, 0.3) is 6.08 Å². The molecular weight excluding hydrogens is 292 g/mol. The Bertz CT molecular complexity index is 671. The highest BCUT2D eigenvalue weighted by molar-refractivity contribution is 5.98. The monoisotopic (exact) mass is 312 g/mol. The van der Waals surface area contributed by atoms with Crippen LogP contribution in [0, 0.1) is 11.3 Å². The highest BCUT2D eigenvalue weighted by atomic mass is 16.5.